The monoisotopic (exact) mass is 396 g/mol. The number of benzene rings is 2. The molecule has 7 heteroatoms. The highest BCUT2D eigenvalue weighted by Gasteiger charge is 2.43. The highest BCUT2D eigenvalue weighted by Crippen LogP contribution is 2.34. The predicted octanol–water partition coefficient (Wildman–Crippen LogP) is 4.42. The number of amides is 1. The Hall–Kier alpha value is -3.22. The quantitative estimate of drug-likeness (QED) is 0.555. The van der Waals surface area contributed by atoms with Gasteiger partial charge in [-0.1, -0.05) is 55.7 Å². The molecule has 2 N–H and O–H groups in total. The Labute approximate surface area is 168 Å². The third-order valence-corrected chi connectivity index (χ3v) is 5.79. The highest BCUT2D eigenvalue weighted by molar-refractivity contribution is 6.01. The summed E-state index contributed by atoms with van der Waals surface area (Å²) in [5.74, 6) is -2.08. The van der Waals surface area contributed by atoms with E-state index in [9.17, 15) is 24.8 Å². The maximum atomic E-state index is 12.9. The molecule has 29 heavy (non-hydrogen) atoms. The predicted molar refractivity (Wildman–Crippen MR) is 109 cm³/mol. The van der Waals surface area contributed by atoms with Crippen molar-refractivity contribution in [2.24, 2.45) is 5.92 Å². The average molecular weight is 396 g/mol. The van der Waals surface area contributed by atoms with E-state index in [1.807, 2.05) is 30.3 Å². The van der Waals surface area contributed by atoms with Gasteiger partial charge in [-0.05, 0) is 42.9 Å². The van der Waals surface area contributed by atoms with Crippen molar-refractivity contribution in [2.45, 2.75) is 44.6 Å². The molecule has 0 unspecified atom stereocenters. The number of hydrogen-bond donors (Lipinski definition) is 2. The molecule has 0 aliphatic heterocycles. The number of nitrogens with zero attached hydrogens (tertiary/aromatic N) is 1. The minimum atomic E-state index is -1.47. The Balaban J connectivity index is 1.93. The number of carboxylic acids is 1. The first-order valence-corrected chi connectivity index (χ1v) is 9.72. The van der Waals surface area contributed by atoms with E-state index in [0.29, 0.717) is 18.4 Å². The number of hydrogen-bond acceptors (Lipinski definition) is 4. The van der Waals surface area contributed by atoms with Crippen molar-refractivity contribution in [2.75, 3.05) is 0 Å². The van der Waals surface area contributed by atoms with Crippen LogP contribution in [0.25, 0.3) is 11.1 Å². The molecule has 0 heterocycles. The van der Waals surface area contributed by atoms with Crippen LogP contribution in [-0.4, -0.2) is 27.4 Å². The molecular weight excluding hydrogens is 372 g/mol. The summed E-state index contributed by atoms with van der Waals surface area (Å²) in [6.07, 6.45) is 4.29. The maximum absolute atomic E-state index is 12.9. The van der Waals surface area contributed by atoms with Crippen LogP contribution in [-0.2, 0) is 4.79 Å². The van der Waals surface area contributed by atoms with Crippen LogP contribution >= 0.6 is 0 Å². The number of rotatable bonds is 6. The molecule has 0 aromatic heterocycles. The Morgan fingerprint density at radius 2 is 1.72 bits per heavy atom. The second-order valence-corrected chi connectivity index (χ2v) is 7.65. The van der Waals surface area contributed by atoms with Gasteiger partial charge >= 0.3 is 5.97 Å². The Kier molecular flexibility index (Phi) is 5.96. The first kappa shape index (κ1) is 20.5. The Bertz CT molecular complexity index is 922. The van der Waals surface area contributed by atoms with Gasteiger partial charge in [0.2, 0.25) is 0 Å². The summed E-state index contributed by atoms with van der Waals surface area (Å²) in [7, 11) is 0. The van der Waals surface area contributed by atoms with Crippen molar-refractivity contribution in [1.29, 1.82) is 0 Å². The summed E-state index contributed by atoms with van der Waals surface area (Å²) in [6, 6.07) is 13.5. The van der Waals surface area contributed by atoms with Gasteiger partial charge < -0.3 is 10.4 Å². The smallest absolute Gasteiger partial charge is 0.329 e. The van der Waals surface area contributed by atoms with E-state index in [1.165, 1.54) is 19.1 Å². The summed E-state index contributed by atoms with van der Waals surface area (Å²) in [5, 5.41) is 24.0. The molecular formula is C22H24N2O5. The van der Waals surface area contributed by atoms with Gasteiger partial charge in [0.15, 0.2) is 0 Å². The minimum Gasteiger partial charge on any atom is -0.480 e. The van der Waals surface area contributed by atoms with Crippen LogP contribution in [0.3, 0.4) is 0 Å². The van der Waals surface area contributed by atoms with Gasteiger partial charge in [-0.2, -0.15) is 0 Å². The first-order chi connectivity index (χ1) is 13.8. The van der Waals surface area contributed by atoms with Crippen LogP contribution in [0.5, 0.6) is 0 Å². The summed E-state index contributed by atoms with van der Waals surface area (Å²) < 4.78 is 0. The van der Waals surface area contributed by atoms with E-state index < -0.39 is 22.3 Å². The summed E-state index contributed by atoms with van der Waals surface area (Å²) in [6.45, 7) is 1.49. The molecule has 3 rings (SSSR count). The molecule has 1 fully saturated rings. The fraction of sp³-hybridized carbons (Fsp3) is 0.364. The molecule has 0 saturated heterocycles. The van der Waals surface area contributed by atoms with Crippen LogP contribution in [0.4, 0.5) is 5.69 Å². The molecule has 0 spiro atoms. The van der Waals surface area contributed by atoms with Gasteiger partial charge in [-0.25, -0.2) is 4.79 Å². The SMILES string of the molecule is C[C@@](NC(=O)c1ccc(-c2ccccc2)cc1[N+](=O)[O-])(C(=O)O)C1CCCCC1. The summed E-state index contributed by atoms with van der Waals surface area (Å²) >= 11 is 0. The number of nitro benzene ring substituents is 1. The minimum absolute atomic E-state index is 0.141. The Morgan fingerprint density at radius 1 is 1.07 bits per heavy atom. The van der Waals surface area contributed by atoms with E-state index in [2.05, 4.69) is 5.32 Å². The topological polar surface area (TPSA) is 110 Å². The number of carbonyl (C=O) groups is 2. The van der Waals surface area contributed by atoms with E-state index in [-0.39, 0.29) is 17.2 Å². The van der Waals surface area contributed by atoms with E-state index in [0.717, 1.165) is 24.8 Å². The lowest BCUT2D eigenvalue weighted by atomic mass is 9.75. The van der Waals surface area contributed by atoms with Crippen LogP contribution < -0.4 is 5.32 Å². The molecule has 2 aromatic rings. The fourth-order valence-electron chi connectivity index (χ4n) is 4.00. The van der Waals surface area contributed by atoms with E-state index >= 15 is 0 Å². The number of aliphatic carboxylic acids is 1. The molecule has 2 aromatic carbocycles. The van der Waals surface area contributed by atoms with Crippen molar-refractivity contribution in [3.63, 3.8) is 0 Å². The zero-order chi connectivity index (χ0) is 21.0. The molecule has 0 radical (unpaired) electrons. The van der Waals surface area contributed by atoms with E-state index in [1.54, 1.807) is 6.07 Å². The molecule has 1 aliphatic rings. The number of carbonyl (C=O) groups excluding carboxylic acids is 1. The van der Waals surface area contributed by atoms with Crippen LogP contribution in [0.2, 0.25) is 0 Å². The normalized spacial score (nSPS) is 16.6. The van der Waals surface area contributed by atoms with Crippen molar-refractivity contribution >= 4 is 17.6 Å². The average Bonchev–Trinajstić information content (AvgIpc) is 2.74. The second kappa shape index (κ2) is 8.43. The third-order valence-electron chi connectivity index (χ3n) is 5.79. The summed E-state index contributed by atoms with van der Waals surface area (Å²) in [5.41, 5.74) is -0.552. The lowest BCUT2D eigenvalue weighted by Crippen LogP contribution is -2.57. The lowest BCUT2D eigenvalue weighted by molar-refractivity contribution is -0.385. The number of carboxylic acid groups (broad SMARTS) is 1. The zero-order valence-electron chi connectivity index (χ0n) is 16.3. The molecule has 0 bridgehead atoms. The maximum Gasteiger partial charge on any atom is 0.329 e. The van der Waals surface area contributed by atoms with Crippen molar-refractivity contribution in [3.8, 4) is 11.1 Å². The molecule has 7 nitrogen and oxygen atoms in total. The Morgan fingerprint density at radius 3 is 2.31 bits per heavy atom. The van der Waals surface area contributed by atoms with Crippen LogP contribution in [0, 0.1) is 16.0 Å². The molecule has 1 atom stereocenters. The lowest BCUT2D eigenvalue weighted by Gasteiger charge is -2.37. The first-order valence-electron chi connectivity index (χ1n) is 9.72. The fourth-order valence-corrected chi connectivity index (χ4v) is 4.00. The van der Waals surface area contributed by atoms with Gasteiger partial charge in [-0.3, -0.25) is 14.9 Å². The van der Waals surface area contributed by atoms with Crippen LogP contribution in [0.15, 0.2) is 48.5 Å². The van der Waals surface area contributed by atoms with Gasteiger partial charge in [0.1, 0.15) is 11.1 Å². The number of nitro groups is 1. The van der Waals surface area contributed by atoms with Gasteiger partial charge in [0, 0.05) is 6.07 Å². The van der Waals surface area contributed by atoms with Gasteiger partial charge in [-0.15, -0.1) is 0 Å². The summed E-state index contributed by atoms with van der Waals surface area (Å²) in [4.78, 5) is 35.9. The third kappa shape index (κ3) is 4.29. The van der Waals surface area contributed by atoms with Gasteiger partial charge in [0.25, 0.3) is 11.6 Å². The molecule has 1 amide bonds. The zero-order valence-corrected chi connectivity index (χ0v) is 16.3. The van der Waals surface area contributed by atoms with Crippen molar-refractivity contribution < 1.29 is 19.6 Å². The van der Waals surface area contributed by atoms with Crippen LogP contribution in [0.1, 0.15) is 49.4 Å². The molecule has 1 aliphatic carbocycles. The standard InChI is InChI=1S/C22H24N2O5/c1-22(21(26)27,17-10-6-3-7-11-17)23-20(25)18-13-12-16(14-19(18)24(28)29)15-8-4-2-5-9-15/h2,4-5,8-9,12-14,17H,3,6-7,10-11H2,1H3,(H,23,25)(H,26,27)/t22-/m0/s1. The van der Waals surface area contributed by atoms with Crippen molar-refractivity contribution in [1.82, 2.24) is 5.32 Å². The van der Waals surface area contributed by atoms with E-state index in [4.69, 9.17) is 0 Å². The highest BCUT2D eigenvalue weighted by atomic mass is 16.6. The number of nitrogens with one attached hydrogen (secondary N) is 1. The van der Waals surface area contributed by atoms with Crippen molar-refractivity contribution in [3.05, 3.63) is 64.2 Å². The second-order valence-electron chi connectivity index (χ2n) is 7.65. The molecule has 1 saturated carbocycles. The molecule has 152 valence electrons. The van der Waals surface area contributed by atoms with Gasteiger partial charge in [0.05, 0.1) is 4.92 Å². The largest absolute Gasteiger partial charge is 0.480 e.